The Morgan fingerprint density at radius 1 is 0.320 bits per heavy atom. The summed E-state index contributed by atoms with van der Waals surface area (Å²) in [5, 5.41) is 2.25. The molecule has 75 heavy (non-hydrogen) atoms. The van der Waals surface area contributed by atoms with Crippen molar-refractivity contribution >= 4 is 21.9 Å². The molecular formula is C71H53N3O. The first-order valence-corrected chi connectivity index (χ1v) is 26.1. The number of para-hydroxylation sites is 2. The van der Waals surface area contributed by atoms with Gasteiger partial charge >= 0.3 is 0 Å². The second kappa shape index (κ2) is 16.8. The van der Waals surface area contributed by atoms with Crippen LogP contribution in [0, 0.1) is 0 Å². The van der Waals surface area contributed by atoms with E-state index in [1.165, 1.54) is 61.2 Å². The summed E-state index contributed by atoms with van der Waals surface area (Å²) in [7, 11) is 0. The molecule has 0 saturated carbocycles. The molecule has 3 aromatic heterocycles. The predicted octanol–water partition coefficient (Wildman–Crippen LogP) is 19.3. The zero-order chi connectivity index (χ0) is 50.7. The van der Waals surface area contributed by atoms with Crippen molar-refractivity contribution in [2.45, 2.75) is 52.4 Å². The van der Waals surface area contributed by atoms with Gasteiger partial charge in [-0.1, -0.05) is 205 Å². The molecule has 0 bridgehead atoms. The summed E-state index contributed by atoms with van der Waals surface area (Å²) in [5.74, 6) is 0.704. The number of hydrogen-bond acceptors (Lipinski definition) is 4. The Morgan fingerprint density at radius 3 is 1.41 bits per heavy atom. The summed E-state index contributed by atoms with van der Waals surface area (Å²) in [6.45, 7) is 13.7. The van der Waals surface area contributed by atoms with Gasteiger partial charge in [0.15, 0.2) is 5.82 Å². The lowest BCUT2D eigenvalue weighted by atomic mass is 9.76. The minimum atomic E-state index is -0.261. The van der Waals surface area contributed by atoms with E-state index in [1.54, 1.807) is 0 Å². The third kappa shape index (κ3) is 7.15. The monoisotopic (exact) mass is 963 g/mol. The van der Waals surface area contributed by atoms with Crippen molar-refractivity contribution < 1.29 is 4.42 Å². The number of hydrogen-bond donors (Lipinski definition) is 0. The van der Waals surface area contributed by atoms with E-state index in [1.807, 2.05) is 12.3 Å². The van der Waals surface area contributed by atoms with Crippen molar-refractivity contribution in [1.29, 1.82) is 0 Å². The maximum atomic E-state index is 6.61. The normalized spacial score (nSPS) is 12.4. The Labute approximate surface area is 438 Å². The Bertz CT molecular complexity index is 4330. The lowest BCUT2D eigenvalue weighted by molar-refractivity contribution is 0.585. The molecule has 4 heteroatoms. The number of pyridine rings is 1. The number of aromatic nitrogens is 3. The van der Waals surface area contributed by atoms with Crippen molar-refractivity contribution in [3.8, 4) is 123 Å². The average molecular weight is 964 g/mol. The minimum Gasteiger partial charge on any atom is -0.455 e. The zero-order valence-corrected chi connectivity index (χ0v) is 43.0. The lowest BCUT2D eigenvalue weighted by Gasteiger charge is -2.29. The van der Waals surface area contributed by atoms with E-state index in [4.69, 9.17) is 19.4 Å². The summed E-state index contributed by atoms with van der Waals surface area (Å²) in [6, 6.07) is 73.0. The van der Waals surface area contributed by atoms with Crippen molar-refractivity contribution in [3.63, 3.8) is 0 Å². The van der Waals surface area contributed by atoms with E-state index >= 15 is 0 Å². The van der Waals surface area contributed by atoms with Crippen LogP contribution < -0.4 is 0 Å². The highest BCUT2D eigenvalue weighted by Gasteiger charge is 2.31. The van der Waals surface area contributed by atoms with Crippen LogP contribution in [0.4, 0.5) is 0 Å². The quantitative estimate of drug-likeness (QED) is 0.177. The van der Waals surface area contributed by atoms with E-state index in [0.29, 0.717) is 5.82 Å². The van der Waals surface area contributed by atoms with Gasteiger partial charge in [-0.2, -0.15) is 0 Å². The van der Waals surface area contributed by atoms with Gasteiger partial charge in [0, 0.05) is 56.5 Å². The van der Waals surface area contributed by atoms with E-state index < -0.39 is 0 Å². The van der Waals surface area contributed by atoms with Gasteiger partial charge in [-0.25, -0.2) is 9.97 Å². The number of benzene rings is 9. The second-order valence-electron chi connectivity index (χ2n) is 22.3. The van der Waals surface area contributed by atoms with Gasteiger partial charge in [0.25, 0.3) is 0 Å². The molecular weight excluding hydrogens is 911 g/mol. The van der Waals surface area contributed by atoms with Crippen LogP contribution in [-0.2, 0) is 10.8 Å². The average Bonchev–Trinajstić information content (AvgIpc) is 3.85. The van der Waals surface area contributed by atoms with Crippen LogP contribution in [0.2, 0.25) is 0 Å². The van der Waals surface area contributed by atoms with Crippen LogP contribution in [0.5, 0.6) is 0 Å². The van der Waals surface area contributed by atoms with Gasteiger partial charge in [-0.3, -0.25) is 4.98 Å². The largest absolute Gasteiger partial charge is 0.455 e. The van der Waals surface area contributed by atoms with E-state index in [9.17, 15) is 0 Å². The molecule has 358 valence electrons. The smallest absolute Gasteiger partial charge is 0.160 e. The van der Waals surface area contributed by atoms with Gasteiger partial charge in [0.2, 0.25) is 0 Å². The van der Waals surface area contributed by atoms with Gasteiger partial charge in [0.1, 0.15) is 11.2 Å². The van der Waals surface area contributed by atoms with Gasteiger partial charge < -0.3 is 4.42 Å². The summed E-state index contributed by atoms with van der Waals surface area (Å²) in [6.07, 6.45) is 4.00. The van der Waals surface area contributed by atoms with E-state index in [0.717, 1.165) is 89.0 Å². The second-order valence-corrected chi connectivity index (χ2v) is 22.3. The third-order valence-electron chi connectivity index (χ3n) is 15.6. The summed E-state index contributed by atoms with van der Waals surface area (Å²) < 4.78 is 6.61. The Balaban J connectivity index is 0.985. The maximum absolute atomic E-state index is 6.61. The molecule has 0 amide bonds. The minimum absolute atomic E-state index is 0.257. The highest BCUT2D eigenvalue weighted by molar-refractivity contribution is 6.11. The first-order valence-electron chi connectivity index (χ1n) is 26.1. The van der Waals surface area contributed by atoms with E-state index in [-0.39, 0.29) is 10.8 Å². The molecule has 9 aromatic carbocycles. The highest BCUT2D eigenvalue weighted by atomic mass is 16.3. The molecule has 0 unspecified atom stereocenters. The molecule has 0 fully saturated rings. The Morgan fingerprint density at radius 2 is 0.787 bits per heavy atom. The number of rotatable bonds is 3. The van der Waals surface area contributed by atoms with Crippen LogP contribution in [0.15, 0.2) is 217 Å². The highest BCUT2D eigenvalue weighted by Crippen LogP contribution is 2.53. The molecule has 0 radical (unpaired) electrons. The van der Waals surface area contributed by atoms with Crippen LogP contribution >= 0.6 is 0 Å². The molecule has 2 aliphatic carbocycles. The van der Waals surface area contributed by atoms with Crippen LogP contribution in [-0.4, -0.2) is 15.0 Å². The topological polar surface area (TPSA) is 51.8 Å². The first-order chi connectivity index (χ1) is 36.5. The maximum Gasteiger partial charge on any atom is 0.160 e. The van der Waals surface area contributed by atoms with Gasteiger partial charge in [-0.05, 0) is 131 Å². The molecule has 0 spiro atoms. The number of furan rings is 1. The molecule has 0 atom stereocenters. The molecule has 0 aliphatic heterocycles. The molecule has 4 nitrogen and oxygen atoms in total. The molecule has 0 saturated heterocycles. The Kier molecular flexibility index (Phi) is 10.00. The fourth-order valence-corrected chi connectivity index (χ4v) is 12.0. The fourth-order valence-electron chi connectivity index (χ4n) is 12.0. The van der Waals surface area contributed by atoms with Gasteiger partial charge in [0.05, 0.1) is 11.4 Å². The molecule has 3 heterocycles. The number of nitrogens with zero attached hydrogens (tertiary/aromatic N) is 3. The van der Waals surface area contributed by atoms with Crippen molar-refractivity contribution in [2.24, 2.45) is 0 Å². The van der Waals surface area contributed by atoms with Crippen molar-refractivity contribution in [2.75, 3.05) is 0 Å². The summed E-state index contributed by atoms with van der Waals surface area (Å²) in [5.41, 5.74) is 27.2. The predicted molar refractivity (Wildman–Crippen MR) is 311 cm³/mol. The summed E-state index contributed by atoms with van der Waals surface area (Å²) in [4.78, 5) is 16.2. The number of fused-ring (bicyclic) bond motifs is 19. The van der Waals surface area contributed by atoms with Crippen molar-refractivity contribution in [3.05, 3.63) is 224 Å². The fraction of sp³-hybridized carbons (Fsp3) is 0.113. The van der Waals surface area contributed by atoms with Crippen LogP contribution in [0.1, 0.15) is 52.7 Å². The summed E-state index contributed by atoms with van der Waals surface area (Å²) >= 11 is 0. The molecule has 2 aliphatic rings. The molecule has 12 aromatic rings. The molecule has 14 rings (SSSR count). The SMILES string of the molecule is CC(C)(C)c1cc2c(cc1-c1ncc(C(C)(C)C)c(-c3ccc4c(c3)-c3ccccc3-c3ccccc3-c3cc(-c5cccc6c5oc5ccccc56)ccc3-4)n1)-c1ccccc1-c1ccccc1-c1ncccc1-2. The standard InChI is InChI=1S/C71H53N3O/c1-70(2,3)63-40-61-56-30-18-36-72-67(56)55-27-14-13-22-48(55)47-21-9-12-25-51(47)60(61)39-62(63)69-73-41-64(71(4,5)6)66(74-69)43-33-35-53-52-34-32-42(44-28-17-29-57-54-26-15-16-31-65(54)75-68(44)57)37-58(52)49-23-10-7-19-45(49)46-20-8-11-24-50(46)59(53)38-43/h7-41H,1-6H3. The zero-order valence-electron chi connectivity index (χ0n) is 43.0. The van der Waals surface area contributed by atoms with Crippen LogP contribution in [0.3, 0.4) is 0 Å². The Hall–Kier alpha value is -8.99. The first kappa shape index (κ1) is 44.7. The van der Waals surface area contributed by atoms with Crippen molar-refractivity contribution in [1.82, 2.24) is 15.0 Å². The van der Waals surface area contributed by atoms with Crippen LogP contribution in [0.25, 0.3) is 145 Å². The third-order valence-corrected chi connectivity index (χ3v) is 15.6. The van der Waals surface area contributed by atoms with Gasteiger partial charge in [-0.15, -0.1) is 0 Å². The van der Waals surface area contributed by atoms with E-state index in [2.05, 4.69) is 242 Å². The lowest BCUT2D eigenvalue weighted by Crippen LogP contribution is -2.17. The molecule has 0 N–H and O–H groups in total.